The van der Waals surface area contributed by atoms with Gasteiger partial charge in [-0.25, -0.2) is 0 Å². The summed E-state index contributed by atoms with van der Waals surface area (Å²) < 4.78 is 0. The molecule has 3 aliphatic rings. The van der Waals surface area contributed by atoms with Crippen LogP contribution in [-0.2, 0) is 13.1 Å². The van der Waals surface area contributed by atoms with Gasteiger partial charge in [0, 0.05) is 24.7 Å². The molecular formula is C34H40N2Si. The number of nitrogens with one attached hydrogen (secondary N) is 1. The second-order valence-corrected chi connectivity index (χ2v) is 16.2. The van der Waals surface area contributed by atoms with E-state index < -0.39 is 8.24 Å². The van der Waals surface area contributed by atoms with Crippen molar-refractivity contribution < 1.29 is 0 Å². The van der Waals surface area contributed by atoms with Gasteiger partial charge in [0.15, 0.2) is 8.24 Å². The maximum Gasteiger partial charge on any atom is 0.194 e. The third-order valence-electron chi connectivity index (χ3n) is 8.83. The van der Waals surface area contributed by atoms with Gasteiger partial charge >= 0.3 is 0 Å². The van der Waals surface area contributed by atoms with Crippen LogP contribution in [0.25, 0.3) is 0 Å². The number of nitrogens with zero attached hydrogens (tertiary/aromatic N) is 1. The number of aryl methyl sites for hydroxylation is 1. The topological polar surface area (TPSA) is 15.3 Å². The van der Waals surface area contributed by atoms with Crippen molar-refractivity contribution in [1.29, 1.82) is 0 Å². The van der Waals surface area contributed by atoms with Crippen LogP contribution >= 0.6 is 0 Å². The quantitative estimate of drug-likeness (QED) is 0.431. The summed E-state index contributed by atoms with van der Waals surface area (Å²) in [6, 6.07) is 30.6. The van der Waals surface area contributed by atoms with Gasteiger partial charge in [0.1, 0.15) is 0 Å². The van der Waals surface area contributed by atoms with Crippen LogP contribution < -0.4 is 15.4 Å². The van der Waals surface area contributed by atoms with Crippen LogP contribution in [0, 0.1) is 18.8 Å². The van der Waals surface area contributed by atoms with Crippen LogP contribution in [0.15, 0.2) is 103 Å². The van der Waals surface area contributed by atoms with E-state index in [9.17, 15) is 0 Å². The van der Waals surface area contributed by atoms with Crippen LogP contribution in [0.4, 0.5) is 0 Å². The van der Waals surface area contributed by atoms with Gasteiger partial charge in [-0.2, -0.15) is 0 Å². The first kappa shape index (κ1) is 24.6. The summed E-state index contributed by atoms with van der Waals surface area (Å²) >= 11 is 0. The molecule has 1 heterocycles. The van der Waals surface area contributed by atoms with Gasteiger partial charge in [-0.3, -0.25) is 4.90 Å². The molecule has 4 unspecified atom stereocenters. The summed E-state index contributed by atoms with van der Waals surface area (Å²) in [7, 11) is -2.42. The normalized spacial score (nSPS) is 26.6. The molecular weight excluding hydrogens is 464 g/mol. The van der Waals surface area contributed by atoms with Crippen molar-refractivity contribution in [2.45, 2.75) is 64.3 Å². The minimum atomic E-state index is -2.42. The molecule has 2 aliphatic carbocycles. The largest absolute Gasteiger partial charge is 0.325 e. The van der Waals surface area contributed by atoms with Crippen LogP contribution in [0.3, 0.4) is 0 Å². The molecule has 0 bridgehead atoms. The first-order valence-electron chi connectivity index (χ1n) is 13.9. The van der Waals surface area contributed by atoms with Crippen molar-refractivity contribution in [2.24, 2.45) is 11.8 Å². The molecule has 3 aromatic rings. The Morgan fingerprint density at radius 1 is 0.730 bits per heavy atom. The van der Waals surface area contributed by atoms with E-state index in [-0.39, 0.29) is 5.54 Å². The molecule has 2 nitrogen and oxygen atoms in total. The lowest BCUT2D eigenvalue weighted by Crippen LogP contribution is -2.75. The molecule has 1 fully saturated rings. The number of hydrogen-bond donors (Lipinski definition) is 1. The molecule has 0 radical (unpaired) electrons. The Hall–Kier alpha value is -2.72. The average Bonchev–Trinajstić information content (AvgIpc) is 3.50. The fourth-order valence-electron chi connectivity index (χ4n) is 7.40. The van der Waals surface area contributed by atoms with Crippen LogP contribution in [0.5, 0.6) is 0 Å². The molecule has 3 heteroatoms. The molecule has 5 atom stereocenters. The third kappa shape index (κ3) is 4.48. The third-order valence-corrected chi connectivity index (χ3v) is 14.2. The minimum Gasteiger partial charge on any atom is -0.325 e. The van der Waals surface area contributed by atoms with Gasteiger partial charge in [0.2, 0.25) is 0 Å². The maximum atomic E-state index is 4.39. The number of allylic oxidation sites excluding steroid dienone is 3. The predicted molar refractivity (Wildman–Crippen MR) is 159 cm³/mol. The molecule has 6 rings (SSSR count). The number of benzene rings is 3. The zero-order valence-corrected chi connectivity index (χ0v) is 23.7. The second kappa shape index (κ2) is 9.54. The molecule has 0 spiro atoms. The molecule has 0 aromatic heterocycles. The first-order chi connectivity index (χ1) is 17.8. The molecule has 190 valence electrons. The summed E-state index contributed by atoms with van der Waals surface area (Å²) in [6.07, 6.45) is 10.9. The Morgan fingerprint density at radius 2 is 1.30 bits per heavy atom. The van der Waals surface area contributed by atoms with Crippen molar-refractivity contribution in [3.63, 3.8) is 0 Å². The fraction of sp³-hybridized carbons (Fsp3) is 0.353. The Labute approximate surface area is 224 Å². The maximum absolute atomic E-state index is 4.39. The smallest absolute Gasteiger partial charge is 0.194 e. The van der Waals surface area contributed by atoms with Gasteiger partial charge in [0.05, 0.1) is 0 Å². The standard InChI is InChI=1S/C34H40N2Si/c1-25-18-20-29(21-19-25)37(35-34(2,3)4,28-14-6-5-7-15-28)33-22-32(30-16-10-11-17-31(30)33)36-23-26-12-8-9-13-27(26)24-36/h5-21,30-33,35H,22-24H2,1-4H3/t30?,31?,32?,33?,37-/m0/s1. The highest BCUT2D eigenvalue weighted by Gasteiger charge is 2.57. The zero-order chi connectivity index (χ0) is 25.6. The molecule has 1 aliphatic heterocycles. The van der Waals surface area contributed by atoms with Crippen molar-refractivity contribution >= 4 is 18.6 Å². The Kier molecular flexibility index (Phi) is 6.35. The number of rotatable bonds is 5. The molecule has 3 aromatic carbocycles. The van der Waals surface area contributed by atoms with E-state index in [0.29, 0.717) is 23.4 Å². The van der Waals surface area contributed by atoms with Crippen LogP contribution in [-0.4, -0.2) is 24.7 Å². The van der Waals surface area contributed by atoms with Crippen molar-refractivity contribution in [3.05, 3.63) is 120 Å². The van der Waals surface area contributed by atoms with E-state index in [1.165, 1.54) is 33.5 Å². The van der Waals surface area contributed by atoms with Gasteiger partial charge in [0.25, 0.3) is 0 Å². The number of hydrogen-bond acceptors (Lipinski definition) is 2. The summed E-state index contributed by atoms with van der Waals surface area (Å²) in [5.74, 6) is 1.08. The first-order valence-corrected chi connectivity index (χ1v) is 16.0. The van der Waals surface area contributed by atoms with Gasteiger partial charge in [-0.15, -0.1) is 0 Å². The fourth-order valence-corrected chi connectivity index (χ4v) is 13.2. The van der Waals surface area contributed by atoms with Crippen LogP contribution in [0.1, 0.15) is 43.9 Å². The molecule has 37 heavy (non-hydrogen) atoms. The van der Waals surface area contributed by atoms with E-state index in [4.69, 9.17) is 0 Å². The highest BCUT2D eigenvalue weighted by molar-refractivity contribution is 7.01. The van der Waals surface area contributed by atoms with Gasteiger partial charge in [-0.05, 0) is 73.0 Å². The molecule has 0 saturated heterocycles. The summed E-state index contributed by atoms with van der Waals surface area (Å²) in [4.78, 5) is 7.17. The number of fused-ring (bicyclic) bond motifs is 2. The average molecular weight is 505 g/mol. The van der Waals surface area contributed by atoms with E-state index >= 15 is 0 Å². The van der Waals surface area contributed by atoms with E-state index in [1.54, 1.807) is 0 Å². The summed E-state index contributed by atoms with van der Waals surface area (Å²) in [5, 5.41) is 3.02. The SMILES string of the molecule is Cc1ccc([Si@@](NC(C)(C)C)(c2ccccc2)C2CC(N3Cc4ccccc4C3)C3C=CC=CC32)cc1. The lowest BCUT2D eigenvalue weighted by molar-refractivity contribution is 0.171. The van der Waals surface area contributed by atoms with E-state index in [0.717, 1.165) is 13.1 Å². The molecule has 1 N–H and O–H groups in total. The minimum absolute atomic E-state index is 0.00136. The van der Waals surface area contributed by atoms with Crippen LogP contribution in [0.2, 0.25) is 5.54 Å². The van der Waals surface area contributed by atoms with Crippen molar-refractivity contribution in [2.75, 3.05) is 0 Å². The Balaban J connectivity index is 1.49. The summed E-state index contributed by atoms with van der Waals surface area (Å²) in [6.45, 7) is 11.4. The molecule has 0 amide bonds. The highest BCUT2D eigenvalue weighted by Crippen LogP contribution is 2.51. The van der Waals surface area contributed by atoms with Crippen molar-refractivity contribution in [3.8, 4) is 0 Å². The van der Waals surface area contributed by atoms with E-state index in [1.807, 2.05) is 0 Å². The second-order valence-electron chi connectivity index (χ2n) is 12.4. The van der Waals surface area contributed by atoms with Crippen molar-refractivity contribution in [1.82, 2.24) is 9.88 Å². The lowest BCUT2D eigenvalue weighted by atomic mass is 9.89. The lowest BCUT2D eigenvalue weighted by Gasteiger charge is -2.46. The molecule has 1 saturated carbocycles. The zero-order valence-electron chi connectivity index (χ0n) is 22.7. The van der Waals surface area contributed by atoms with Gasteiger partial charge in [-0.1, -0.05) is 109 Å². The van der Waals surface area contributed by atoms with E-state index in [2.05, 4.69) is 141 Å². The highest BCUT2D eigenvalue weighted by atomic mass is 28.3. The van der Waals surface area contributed by atoms with Gasteiger partial charge < -0.3 is 4.98 Å². The Morgan fingerprint density at radius 3 is 1.92 bits per heavy atom. The Bertz CT molecular complexity index is 1280. The summed E-state index contributed by atoms with van der Waals surface area (Å²) in [5.41, 5.74) is 4.90. The predicted octanol–water partition coefficient (Wildman–Crippen LogP) is 5.96. The monoisotopic (exact) mass is 504 g/mol.